The summed E-state index contributed by atoms with van der Waals surface area (Å²) in [5.41, 5.74) is 7.48. The van der Waals surface area contributed by atoms with Gasteiger partial charge in [-0.25, -0.2) is 4.98 Å². The fraction of sp³-hybridized carbons (Fsp3) is 0.318. The van der Waals surface area contributed by atoms with Crippen molar-refractivity contribution in [3.8, 4) is 5.75 Å². The van der Waals surface area contributed by atoms with E-state index in [4.69, 9.17) is 27.9 Å². The van der Waals surface area contributed by atoms with E-state index >= 15 is 0 Å². The van der Waals surface area contributed by atoms with Gasteiger partial charge in [0.2, 0.25) is 5.13 Å². The Bertz CT molecular complexity index is 1160. The average Bonchev–Trinajstić information content (AvgIpc) is 3.14. The van der Waals surface area contributed by atoms with E-state index in [1.54, 1.807) is 25.1 Å². The average molecular weight is 479 g/mol. The fourth-order valence-electron chi connectivity index (χ4n) is 2.89. The number of aryl methyl sites for hydroxylation is 2. The molecule has 6 nitrogen and oxygen atoms in total. The monoisotopic (exact) mass is 478 g/mol. The van der Waals surface area contributed by atoms with Crippen molar-refractivity contribution in [2.45, 2.75) is 47.1 Å². The number of thiazole rings is 1. The van der Waals surface area contributed by atoms with Crippen LogP contribution in [0.3, 0.4) is 0 Å². The van der Waals surface area contributed by atoms with Gasteiger partial charge in [0.15, 0.2) is 6.10 Å². The topological polar surface area (TPSA) is 75.6 Å². The molecule has 3 aromatic rings. The molecule has 0 aliphatic rings. The highest BCUT2D eigenvalue weighted by atomic mass is 35.5. The van der Waals surface area contributed by atoms with Crippen molar-refractivity contribution in [2.24, 2.45) is 5.10 Å². The molecule has 2 N–H and O–H groups in total. The second-order valence-electron chi connectivity index (χ2n) is 7.20. The Morgan fingerprint density at radius 1 is 1.29 bits per heavy atom. The summed E-state index contributed by atoms with van der Waals surface area (Å²) in [5, 5.41) is 8.87. The van der Waals surface area contributed by atoms with Crippen LogP contribution in [0.4, 0.5) is 10.8 Å². The van der Waals surface area contributed by atoms with Gasteiger partial charge in [0.25, 0.3) is 5.91 Å². The van der Waals surface area contributed by atoms with Gasteiger partial charge in [-0.2, -0.15) is 5.10 Å². The summed E-state index contributed by atoms with van der Waals surface area (Å²) in [5.74, 6) is 0.126. The minimum absolute atomic E-state index is 0.275. The minimum Gasteiger partial charge on any atom is -0.479 e. The quantitative estimate of drug-likeness (QED) is 0.288. The van der Waals surface area contributed by atoms with Crippen LogP contribution in [0.15, 0.2) is 29.4 Å². The summed E-state index contributed by atoms with van der Waals surface area (Å²) in [6, 6.07) is 6.84. The Morgan fingerprint density at radius 2 is 2.03 bits per heavy atom. The molecule has 31 heavy (non-hydrogen) atoms. The number of benzene rings is 2. The van der Waals surface area contributed by atoms with E-state index in [0.717, 1.165) is 39.2 Å². The lowest BCUT2D eigenvalue weighted by Gasteiger charge is -2.18. The summed E-state index contributed by atoms with van der Waals surface area (Å²) < 4.78 is 6.72. The number of amides is 1. The van der Waals surface area contributed by atoms with E-state index in [1.165, 1.54) is 11.3 Å². The predicted octanol–water partition coefficient (Wildman–Crippen LogP) is 6.82. The Morgan fingerprint density at radius 3 is 2.71 bits per heavy atom. The van der Waals surface area contributed by atoms with Crippen LogP contribution in [0, 0.1) is 13.8 Å². The maximum Gasteiger partial charge on any atom is 0.265 e. The molecule has 0 fully saturated rings. The van der Waals surface area contributed by atoms with E-state index in [2.05, 4.69) is 20.8 Å². The first-order valence-electron chi connectivity index (χ1n) is 9.82. The second kappa shape index (κ2) is 9.85. The second-order valence-corrected chi connectivity index (χ2v) is 9.04. The van der Waals surface area contributed by atoms with Crippen molar-refractivity contribution in [3.63, 3.8) is 0 Å². The van der Waals surface area contributed by atoms with Crippen molar-refractivity contribution in [1.29, 1.82) is 0 Å². The van der Waals surface area contributed by atoms with Gasteiger partial charge in [0, 0.05) is 16.4 Å². The van der Waals surface area contributed by atoms with Crippen LogP contribution in [0.25, 0.3) is 10.2 Å². The number of hydrogen-bond acceptors (Lipinski definition) is 6. The summed E-state index contributed by atoms with van der Waals surface area (Å²) >= 11 is 13.6. The van der Waals surface area contributed by atoms with E-state index in [1.807, 2.05) is 33.8 Å². The lowest BCUT2D eigenvalue weighted by Crippen LogP contribution is -2.30. The summed E-state index contributed by atoms with van der Waals surface area (Å²) in [7, 11) is 0. The van der Waals surface area contributed by atoms with Crippen molar-refractivity contribution < 1.29 is 9.53 Å². The number of carbonyl (C=O) groups excluding carboxylic acids is 1. The lowest BCUT2D eigenvalue weighted by atomic mass is 10.1. The molecule has 0 aliphatic carbocycles. The third-order valence-corrected chi connectivity index (χ3v) is 6.41. The van der Waals surface area contributed by atoms with E-state index in [9.17, 15) is 4.79 Å². The molecule has 2 aromatic carbocycles. The van der Waals surface area contributed by atoms with Gasteiger partial charge in [-0.05, 0) is 69.5 Å². The zero-order chi connectivity index (χ0) is 22.7. The number of nitrogens with zero attached hydrogens (tertiary/aromatic N) is 2. The molecule has 1 aromatic heterocycles. The number of ether oxygens (including phenoxy) is 1. The van der Waals surface area contributed by atoms with Gasteiger partial charge >= 0.3 is 0 Å². The smallest absolute Gasteiger partial charge is 0.265 e. The Hall–Kier alpha value is -2.35. The number of aromatic nitrogens is 1. The zero-order valence-corrected chi connectivity index (χ0v) is 20.3. The van der Waals surface area contributed by atoms with E-state index in [-0.39, 0.29) is 5.91 Å². The Balaban J connectivity index is 1.80. The van der Waals surface area contributed by atoms with Gasteiger partial charge in [-0.3, -0.25) is 10.2 Å². The van der Waals surface area contributed by atoms with Crippen molar-refractivity contribution in [2.75, 3.05) is 10.7 Å². The van der Waals surface area contributed by atoms with Crippen LogP contribution in [-0.4, -0.2) is 22.7 Å². The number of rotatable bonds is 7. The van der Waals surface area contributed by atoms with Crippen LogP contribution in [0.2, 0.25) is 10.0 Å². The molecule has 0 saturated carbocycles. The molecule has 164 valence electrons. The molecule has 0 bridgehead atoms. The molecule has 0 radical (unpaired) electrons. The largest absolute Gasteiger partial charge is 0.479 e. The SMILES string of the molecule is CC/C(C)=N\Nc1nc2cc(C)c(NC(=O)[C@@H](C)Oc3ccc(Cl)cc3Cl)c(C)c2s1. The third kappa shape index (κ3) is 5.47. The molecule has 1 amide bonds. The van der Waals surface area contributed by atoms with Crippen LogP contribution in [0.5, 0.6) is 5.75 Å². The predicted molar refractivity (Wildman–Crippen MR) is 131 cm³/mol. The molecule has 0 unspecified atom stereocenters. The maximum absolute atomic E-state index is 12.8. The fourth-order valence-corrected chi connectivity index (χ4v) is 4.23. The highest BCUT2D eigenvalue weighted by Crippen LogP contribution is 2.35. The number of hydrogen-bond donors (Lipinski definition) is 2. The van der Waals surface area contributed by atoms with Gasteiger partial charge in [-0.15, -0.1) is 0 Å². The van der Waals surface area contributed by atoms with Crippen molar-refractivity contribution in [1.82, 2.24) is 4.98 Å². The highest BCUT2D eigenvalue weighted by molar-refractivity contribution is 7.22. The number of fused-ring (bicyclic) bond motifs is 1. The van der Waals surface area contributed by atoms with Crippen molar-refractivity contribution >= 4 is 67.2 Å². The van der Waals surface area contributed by atoms with Crippen molar-refractivity contribution in [3.05, 3.63) is 45.4 Å². The lowest BCUT2D eigenvalue weighted by molar-refractivity contribution is -0.122. The van der Waals surface area contributed by atoms with Crippen LogP contribution in [0.1, 0.15) is 38.3 Å². The maximum atomic E-state index is 12.8. The van der Waals surface area contributed by atoms with Crippen LogP contribution >= 0.6 is 34.5 Å². The van der Waals surface area contributed by atoms with Gasteiger partial charge in [0.05, 0.1) is 15.2 Å². The molecule has 0 saturated heterocycles. The number of carbonyl (C=O) groups is 1. The number of hydrazone groups is 1. The van der Waals surface area contributed by atoms with E-state index < -0.39 is 6.10 Å². The number of halogens is 2. The first-order chi connectivity index (χ1) is 14.7. The summed E-state index contributed by atoms with van der Waals surface area (Å²) in [4.78, 5) is 17.4. The molecular formula is C22H24Cl2N4O2S. The normalized spacial score (nSPS) is 12.7. The first-order valence-corrected chi connectivity index (χ1v) is 11.4. The van der Waals surface area contributed by atoms with E-state index in [0.29, 0.717) is 20.9 Å². The number of nitrogens with one attached hydrogen (secondary N) is 2. The van der Waals surface area contributed by atoms with Gasteiger partial charge in [0.1, 0.15) is 5.75 Å². The summed E-state index contributed by atoms with van der Waals surface area (Å²) in [6.45, 7) is 9.59. The first kappa shape index (κ1) is 23.3. The Kier molecular flexibility index (Phi) is 7.41. The number of anilines is 2. The van der Waals surface area contributed by atoms with Gasteiger partial charge < -0.3 is 10.1 Å². The Labute approximate surface area is 195 Å². The van der Waals surface area contributed by atoms with Crippen LogP contribution in [-0.2, 0) is 4.79 Å². The highest BCUT2D eigenvalue weighted by Gasteiger charge is 2.20. The molecule has 1 heterocycles. The van der Waals surface area contributed by atoms with Crippen LogP contribution < -0.4 is 15.5 Å². The standard InChI is InChI=1S/C22H24Cl2N4O2S/c1-6-12(3)27-28-22-25-17-9-11(2)19(13(4)20(17)31-22)26-21(29)14(5)30-18-8-7-15(23)10-16(18)24/h7-10,14H,6H2,1-5H3,(H,25,28)(H,26,29)/b27-12-/t14-/m1/s1. The van der Waals surface area contributed by atoms with Gasteiger partial charge in [-0.1, -0.05) is 41.5 Å². The molecule has 3 rings (SSSR count). The third-order valence-electron chi connectivity index (χ3n) is 4.79. The summed E-state index contributed by atoms with van der Waals surface area (Å²) in [6.07, 6.45) is 0.117. The molecule has 1 atom stereocenters. The molecule has 0 spiro atoms. The zero-order valence-electron chi connectivity index (χ0n) is 18.0. The molecule has 9 heteroatoms. The minimum atomic E-state index is -0.752. The molecular weight excluding hydrogens is 455 g/mol. The molecule has 0 aliphatic heterocycles.